The molecule has 2 rings (SSSR count). The van der Waals surface area contributed by atoms with Gasteiger partial charge in [0.05, 0.1) is 19.4 Å². The third kappa shape index (κ3) is 3.81. The minimum absolute atomic E-state index is 0.505. The summed E-state index contributed by atoms with van der Waals surface area (Å²) in [6.45, 7) is 2.67. The molecular weight excluding hydrogens is 272 g/mol. The number of pyridine rings is 1. The molecule has 0 saturated heterocycles. The normalized spacial score (nSPS) is 10.3. The topological polar surface area (TPSA) is 57.4 Å². The van der Waals surface area contributed by atoms with Crippen LogP contribution in [0.5, 0.6) is 11.6 Å². The van der Waals surface area contributed by atoms with Gasteiger partial charge in [0.25, 0.3) is 0 Å². The average molecular weight is 290 g/mol. The van der Waals surface area contributed by atoms with Crippen LogP contribution in [-0.2, 0) is 0 Å². The van der Waals surface area contributed by atoms with Crippen LogP contribution in [0.25, 0.3) is 0 Å². The van der Waals surface area contributed by atoms with Crippen LogP contribution in [-0.4, -0.2) is 18.7 Å². The van der Waals surface area contributed by atoms with Crippen molar-refractivity contribution in [2.24, 2.45) is 0 Å². The third-order valence-electron chi connectivity index (χ3n) is 2.59. The Morgan fingerprint density at radius 1 is 1.15 bits per heavy atom. The number of aromatic nitrogens is 1. The largest absolute Gasteiger partial charge is 0.497 e. The molecule has 5 heteroatoms. The highest BCUT2D eigenvalue weighted by Gasteiger charge is 2.06. The van der Waals surface area contributed by atoms with Gasteiger partial charge in [0.2, 0.25) is 5.88 Å². The molecule has 1 heterocycles. The molecule has 0 amide bonds. The van der Waals surface area contributed by atoms with Gasteiger partial charge in [-0.25, -0.2) is 4.98 Å². The number of hydrogen-bond acceptors (Lipinski definition) is 5. The zero-order chi connectivity index (χ0) is 14.4. The molecule has 4 nitrogen and oxygen atoms in total. The molecule has 20 heavy (non-hydrogen) atoms. The van der Waals surface area contributed by atoms with Crippen LogP contribution < -0.4 is 15.2 Å². The van der Waals surface area contributed by atoms with E-state index in [1.807, 2.05) is 43.3 Å². The van der Waals surface area contributed by atoms with Gasteiger partial charge in [-0.3, -0.25) is 0 Å². The molecule has 0 fully saturated rings. The first-order valence-corrected chi connectivity index (χ1v) is 7.25. The Kier molecular flexibility index (Phi) is 5.12. The predicted octanol–water partition coefficient (Wildman–Crippen LogP) is 3.61. The smallest absolute Gasteiger partial charge is 0.238 e. The van der Waals surface area contributed by atoms with E-state index in [4.69, 9.17) is 15.2 Å². The van der Waals surface area contributed by atoms with E-state index in [2.05, 4.69) is 4.98 Å². The van der Waals surface area contributed by atoms with E-state index in [1.165, 1.54) is 0 Å². The summed E-state index contributed by atoms with van der Waals surface area (Å²) in [5.41, 5.74) is 6.42. The molecule has 0 radical (unpaired) electrons. The van der Waals surface area contributed by atoms with Gasteiger partial charge in [-0.2, -0.15) is 0 Å². The van der Waals surface area contributed by atoms with E-state index in [0.29, 0.717) is 18.2 Å². The average Bonchev–Trinajstić information content (AvgIpc) is 2.48. The molecule has 1 aromatic carbocycles. The number of nitrogens with two attached hydrogens (primary N) is 1. The maximum Gasteiger partial charge on any atom is 0.238 e. The predicted molar refractivity (Wildman–Crippen MR) is 81.6 cm³/mol. The van der Waals surface area contributed by atoms with Crippen molar-refractivity contribution in [1.82, 2.24) is 4.98 Å². The van der Waals surface area contributed by atoms with E-state index in [0.717, 1.165) is 22.1 Å². The highest BCUT2D eigenvalue weighted by Crippen LogP contribution is 2.30. The summed E-state index contributed by atoms with van der Waals surface area (Å²) in [5.74, 6) is 1.34. The molecule has 106 valence electrons. The van der Waals surface area contributed by atoms with E-state index < -0.39 is 0 Å². The lowest BCUT2D eigenvalue weighted by molar-refractivity contribution is 0.305. The summed E-state index contributed by atoms with van der Waals surface area (Å²) in [4.78, 5) is 5.52. The van der Waals surface area contributed by atoms with E-state index in [-0.39, 0.29) is 0 Å². The summed E-state index contributed by atoms with van der Waals surface area (Å²) < 4.78 is 10.7. The molecule has 0 unspecified atom stereocenters. The summed E-state index contributed by atoms with van der Waals surface area (Å²) in [6, 6.07) is 11.6. The van der Waals surface area contributed by atoms with Gasteiger partial charge in [0.15, 0.2) is 0 Å². The molecule has 1 aromatic heterocycles. The van der Waals surface area contributed by atoms with Crippen molar-refractivity contribution >= 4 is 17.4 Å². The maximum atomic E-state index is 5.85. The maximum absolute atomic E-state index is 5.85. The van der Waals surface area contributed by atoms with Gasteiger partial charge in [-0.15, -0.1) is 0 Å². The number of anilines is 1. The first-order valence-electron chi connectivity index (χ1n) is 6.44. The van der Waals surface area contributed by atoms with Crippen LogP contribution in [0.3, 0.4) is 0 Å². The van der Waals surface area contributed by atoms with Crippen LogP contribution in [0.15, 0.2) is 46.3 Å². The fourth-order valence-corrected chi connectivity index (χ4v) is 2.35. The number of hydrogen-bond donors (Lipinski definition) is 1. The third-order valence-corrected chi connectivity index (χ3v) is 3.53. The SMILES string of the molecule is CCCOc1nc(Sc2ccc(OC)cc2)ccc1N. The lowest BCUT2D eigenvalue weighted by Crippen LogP contribution is -2.01. The first-order chi connectivity index (χ1) is 9.72. The van der Waals surface area contributed by atoms with Crippen LogP contribution in [0.1, 0.15) is 13.3 Å². The monoisotopic (exact) mass is 290 g/mol. The summed E-state index contributed by atoms with van der Waals surface area (Å²) in [7, 11) is 1.65. The number of nitrogens with zero attached hydrogens (tertiary/aromatic N) is 1. The molecule has 0 atom stereocenters. The van der Waals surface area contributed by atoms with Gasteiger partial charge >= 0.3 is 0 Å². The second-order valence-electron chi connectivity index (χ2n) is 4.17. The number of rotatable bonds is 6. The van der Waals surface area contributed by atoms with Crippen molar-refractivity contribution in [1.29, 1.82) is 0 Å². The fourth-order valence-electron chi connectivity index (χ4n) is 1.57. The Morgan fingerprint density at radius 2 is 1.90 bits per heavy atom. The van der Waals surface area contributed by atoms with Crippen molar-refractivity contribution in [2.45, 2.75) is 23.3 Å². The molecule has 0 aliphatic heterocycles. The first kappa shape index (κ1) is 14.5. The molecular formula is C15H18N2O2S. The Bertz CT molecular complexity index is 558. The van der Waals surface area contributed by atoms with Crippen LogP contribution >= 0.6 is 11.8 Å². The van der Waals surface area contributed by atoms with Crippen LogP contribution in [0.4, 0.5) is 5.69 Å². The zero-order valence-corrected chi connectivity index (χ0v) is 12.4. The molecule has 0 saturated carbocycles. The highest BCUT2D eigenvalue weighted by atomic mass is 32.2. The van der Waals surface area contributed by atoms with Crippen molar-refractivity contribution in [2.75, 3.05) is 19.5 Å². The van der Waals surface area contributed by atoms with Gasteiger partial charge in [-0.05, 0) is 42.8 Å². The van der Waals surface area contributed by atoms with Gasteiger partial charge in [0.1, 0.15) is 10.8 Å². The molecule has 0 spiro atoms. The van der Waals surface area contributed by atoms with Crippen LogP contribution in [0.2, 0.25) is 0 Å². The van der Waals surface area contributed by atoms with E-state index in [1.54, 1.807) is 18.9 Å². The molecule has 0 bridgehead atoms. The summed E-state index contributed by atoms with van der Waals surface area (Å²) in [6.07, 6.45) is 0.928. The Morgan fingerprint density at radius 3 is 2.55 bits per heavy atom. The minimum Gasteiger partial charge on any atom is -0.497 e. The van der Waals surface area contributed by atoms with Crippen LogP contribution in [0, 0.1) is 0 Å². The van der Waals surface area contributed by atoms with Gasteiger partial charge in [0, 0.05) is 4.90 Å². The standard InChI is InChI=1S/C15H18N2O2S/c1-3-10-19-15-13(16)8-9-14(17-15)20-12-6-4-11(18-2)5-7-12/h4-9H,3,10,16H2,1-2H3. The Labute approximate surface area is 123 Å². The number of ether oxygens (including phenoxy) is 2. The highest BCUT2D eigenvalue weighted by molar-refractivity contribution is 7.99. The van der Waals surface area contributed by atoms with Crippen molar-refractivity contribution in [3.63, 3.8) is 0 Å². The second-order valence-corrected chi connectivity index (χ2v) is 5.26. The summed E-state index contributed by atoms with van der Waals surface area (Å²) >= 11 is 1.56. The quantitative estimate of drug-likeness (QED) is 0.880. The number of methoxy groups -OCH3 is 1. The lowest BCUT2D eigenvalue weighted by Gasteiger charge is -2.08. The zero-order valence-electron chi connectivity index (χ0n) is 11.6. The number of benzene rings is 1. The Balaban J connectivity index is 2.11. The minimum atomic E-state index is 0.505. The molecule has 2 aromatic rings. The number of nitrogen functional groups attached to an aromatic ring is 1. The Hall–Kier alpha value is -1.88. The van der Waals surface area contributed by atoms with Gasteiger partial charge in [-0.1, -0.05) is 18.7 Å². The van der Waals surface area contributed by atoms with E-state index >= 15 is 0 Å². The molecule has 2 N–H and O–H groups in total. The fraction of sp³-hybridized carbons (Fsp3) is 0.267. The van der Waals surface area contributed by atoms with Crippen molar-refractivity contribution < 1.29 is 9.47 Å². The molecule has 0 aliphatic carbocycles. The van der Waals surface area contributed by atoms with Gasteiger partial charge < -0.3 is 15.2 Å². The van der Waals surface area contributed by atoms with Crippen molar-refractivity contribution in [3.8, 4) is 11.6 Å². The van der Waals surface area contributed by atoms with Crippen molar-refractivity contribution in [3.05, 3.63) is 36.4 Å². The second kappa shape index (κ2) is 7.05. The van der Waals surface area contributed by atoms with E-state index in [9.17, 15) is 0 Å². The summed E-state index contributed by atoms with van der Waals surface area (Å²) in [5, 5.41) is 0.857. The lowest BCUT2D eigenvalue weighted by atomic mass is 10.3. The molecule has 0 aliphatic rings.